The fourth-order valence-corrected chi connectivity index (χ4v) is 1.37. The van der Waals surface area contributed by atoms with Crippen LogP contribution in [-0.2, 0) is 0 Å². The Morgan fingerprint density at radius 2 is 2.31 bits per heavy atom. The van der Waals surface area contributed by atoms with Gasteiger partial charge in [0.25, 0.3) is 0 Å². The van der Waals surface area contributed by atoms with Crippen molar-refractivity contribution in [1.82, 2.24) is 9.80 Å². The monoisotopic (exact) mass is 201 g/mol. The first-order valence-electron chi connectivity index (χ1n) is 4.31. The van der Waals surface area contributed by atoms with Gasteiger partial charge in [-0.05, 0) is 0 Å². The highest BCUT2D eigenvalue weighted by molar-refractivity contribution is 7.80. The molecule has 1 aliphatic rings. The number of nitrogens with two attached hydrogens (primary N) is 1. The fraction of sp³-hybridized carbons (Fsp3) is 0.750. The third kappa shape index (κ3) is 2.30. The topological polar surface area (TPSA) is 49.6 Å². The Bertz CT molecular complexity index is 231. The van der Waals surface area contributed by atoms with Crippen molar-refractivity contribution < 1.29 is 4.79 Å². The molecule has 1 aliphatic heterocycles. The number of amides is 2. The first-order valence-corrected chi connectivity index (χ1v) is 4.72. The number of hydrogen-bond acceptors (Lipinski definition) is 2. The number of urea groups is 1. The van der Waals surface area contributed by atoms with E-state index in [0.29, 0.717) is 11.5 Å². The summed E-state index contributed by atoms with van der Waals surface area (Å²) in [5.41, 5.74) is 5.47. The van der Waals surface area contributed by atoms with E-state index in [9.17, 15) is 4.79 Å². The van der Waals surface area contributed by atoms with Crippen LogP contribution in [0.5, 0.6) is 0 Å². The summed E-state index contributed by atoms with van der Waals surface area (Å²) in [6, 6.07) is 0.0723. The molecule has 1 fully saturated rings. The number of thiocarbonyl (C=S) groups is 1. The van der Waals surface area contributed by atoms with Crippen molar-refractivity contribution in [2.75, 3.05) is 26.7 Å². The van der Waals surface area contributed by atoms with E-state index in [4.69, 9.17) is 18.0 Å². The lowest BCUT2D eigenvalue weighted by atomic mass is 10.2. The molecule has 0 radical (unpaired) electrons. The molecule has 2 N–H and O–H groups in total. The van der Waals surface area contributed by atoms with Gasteiger partial charge in [-0.3, -0.25) is 0 Å². The molecule has 0 aromatic heterocycles. The Labute approximate surface area is 83.7 Å². The van der Waals surface area contributed by atoms with Gasteiger partial charge in [-0.15, -0.1) is 0 Å². The molecule has 0 spiro atoms. The number of likely N-dealkylation sites (N-methyl/N-ethyl adjacent to an activating group) is 1. The molecule has 1 heterocycles. The van der Waals surface area contributed by atoms with Crippen LogP contribution in [0.3, 0.4) is 0 Å². The predicted octanol–water partition coefficient (Wildman–Crippen LogP) is 0.276. The molecular weight excluding hydrogens is 186 g/mol. The summed E-state index contributed by atoms with van der Waals surface area (Å²) in [5, 5.41) is 0. The lowest BCUT2D eigenvalue weighted by Gasteiger charge is -2.19. The predicted molar refractivity (Wildman–Crippen MR) is 55.5 cm³/mol. The molecule has 1 atom stereocenters. The molecule has 0 aromatic rings. The maximum absolute atomic E-state index is 11.4. The van der Waals surface area contributed by atoms with E-state index in [0.717, 1.165) is 13.1 Å². The smallest absolute Gasteiger partial charge is 0.319 e. The van der Waals surface area contributed by atoms with Crippen molar-refractivity contribution in [3.63, 3.8) is 0 Å². The van der Waals surface area contributed by atoms with Crippen molar-refractivity contribution in [2.45, 2.75) is 6.92 Å². The SMILES string of the molecule is CC(CN1CCN(C)C1=O)C(N)=S. The van der Waals surface area contributed by atoms with Gasteiger partial charge in [-0.2, -0.15) is 0 Å². The minimum Gasteiger partial charge on any atom is -0.393 e. The zero-order chi connectivity index (χ0) is 10.0. The van der Waals surface area contributed by atoms with Crippen LogP contribution < -0.4 is 5.73 Å². The van der Waals surface area contributed by atoms with Gasteiger partial charge in [0, 0.05) is 32.6 Å². The summed E-state index contributed by atoms with van der Waals surface area (Å²) in [6.07, 6.45) is 0. The molecular formula is C8H15N3OS. The fourth-order valence-electron chi connectivity index (χ4n) is 1.29. The standard InChI is InChI=1S/C8H15N3OS/c1-6(7(9)13)5-11-4-3-10(2)8(11)12/h6H,3-5H2,1-2H3,(H2,9,13). The van der Waals surface area contributed by atoms with Crippen LogP contribution in [0.25, 0.3) is 0 Å². The molecule has 1 unspecified atom stereocenters. The minimum absolute atomic E-state index is 0.0723. The second-order valence-electron chi connectivity index (χ2n) is 3.45. The van der Waals surface area contributed by atoms with Gasteiger partial charge >= 0.3 is 6.03 Å². The Morgan fingerprint density at radius 1 is 1.69 bits per heavy atom. The van der Waals surface area contributed by atoms with E-state index in [1.165, 1.54) is 0 Å². The molecule has 74 valence electrons. The summed E-state index contributed by atoms with van der Waals surface area (Å²) in [5.74, 6) is 0.102. The Hall–Kier alpha value is -0.840. The maximum Gasteiger partial charge on any atom is 0.319 e. The van der Waals surface area contributed by atoms with Crippen molar-refractivity contribution >= 4 is 23.2 Å². The van der Waals surface area contributed by atoms with E-state index < -0.39 is 0 Å². The highest BCUT2D eigenvalue weighted by atomic mass is 32.1. The number of rotatable bonds is 3. The van der Waals surface area contributed by atoms with Gasteiger partial charge in [-0.1, -0.05) is 19.1 Å². The van der Waals surface area contributed by atoms with Crippen LogP contribution in [0.2, 0.25) is 0 Å². The van der Waals surface area contributed by atoms with Crippen LogP contribution in [0.15, 0.2) is 0 Å². The highest BCUT2D eigenvalue weighted by Crippen LogP contribution is 2.09. The van der Waals surface area contributed by atoms with Crippen molar-refractivity contribution in [3.8, 4) is 0 Å². The Kier molecular flexibility index (Phi) is 3.08. The number of carbonyl (C=O) groups is 1. The zero-order valence-electron chi connectivity index (χ0n) is 7.99. The highest BCUT2D eigenvalue weighted by Gasteiger charge is 2.26. The quantitative estimate of drug-likeness (QED) is 0.667. The average Bonchev–Trinajstić information content (AvgIpc) is 2.36. The molecule has 2 amide bonds. The van der Waals surface area contributed by atoms with E-state index in [1.54, 1.807) is 16.8 Å². The number of hydrogen-bond donors (Lipinski definition) is 1. The molecule has 0 bridgehead atoms. The van der Waals surface area contributed by atoms with Crippen molar-refractivity contribution in [2.24, 2.45) is 11.7 Å². The average molecular weight is 201 g/mol. The zero-order valence-corrected chi connectivity index (χ0v) is 8.80. The first kappa shape index (κ1) is 10.2. The van der Waals surface area contributed by atoms with Gasteiger partial charge < -0.3 is 15.5 Å². The summed E-state index contributed by atoms with van der Waals surface area (Å²) >= 11 is 4.85. The number of nitrogens with zero attached hydrogens (tertiary/aromatic N) is 2. The van der Waals surface area contributed by atoms with Gasteiger partial charge in [0.2, 0.25) is 0 Å². The molecule has 5 heteroatoms. The van der Waals surface area contributed by atoms with Crippen LogP contribution in [0.1, 0.15) is 6.92 Å². The third-order valence-electron chi connectivity index (χ3n) is 2.28. The van der Waals surface area contributed by atoms with Crippen molar-refractivity contribution in [1.29, 1.82) is 0 Å². The molecule has 13 heavy (non-hydrogen) atoms. The Balaban J connectivity index is 2.47. The second kappa shape index (κ2) is 3.91. The van der Waals surface area contributed by atoms with Gasteiger partial charge in [0.05, 0.1) is 4.99 Å². The van der Waals surface area contributed by atoms with Crippen LogP contribution in [0, 0.1) is 5.92 Å². The van der Waals surface area contributed by atoms with E-state index >= 15 is 0 Å². The molecule has 1 rings (SSSR count). The van der Waals surface area contributed by atoms with Gasteiger partial charge in [0.15, 0.2) is 0 Å². The summed E-state index contributed by atoms with van der Waals surface area (Å²) < 4.78 is 0. The molecule has 1 saturated heterocycles. The largest absolute Gasteiger partial charge is 0.393 e. The van der Waals surface area contributed by atoms with Gasteiger partial charge in [0.1, 0.15) is 0 Å². The van der Waals surface area contributed by atoms with Gasteiger partial charge in [-0.25, -0.2) is 4.79 Å². The van der Waals surface area contributed by atoms with Crippen LogP contribution >= 0.6 is 12.2 Å². The normalized spacial score (nSPS) is 19.4. The third-order valence-corrected chi connectivity index (χ3v) is 2.68. The molecule has 0 aromatic carbocycles. The lowest BCUT2D eigenvalue weighted by molar-refractivity contribution is 0.196. The molecule has 0 saturated carbocycles. The summed E-state index contributed by atoms with van der Waals surface area (Å²) in [7, 11) is 1.80. The lowest BCUT2D eigenvalue weighted by Crippen LogP contribution is -2.36. The van der Waals surface area contributed by atoms with E-state index in [1.807, 2.05) is 6.92 Å². The van der Waals surface area contributed by atoms with E-state index in [-0.39, 0.29) is 11.9 Å². The molecule has 0 aliphatic carbocycles. The minimum atomic E-state index is 0.0723. The molecule has 4 nitrogen and oxygen atoms in total. The van der Waals surface area contributed by atoms with Crippen LogP contribution in [-0.4, -0.2) is 47.5 Å². The van der Waals surface area contributed by atoms with E-state index in [2.05, 4.69) is 0 Å². The first-order chi connectivity index (χ1) is 6.02. The Morgan fingerprint density at radius 3 is 2.69 bits per heavy atom. The summed E-state index contributed by atoms with van der Waals surface area (Å²) in [6.45, 7) is 4.15. The number of carbonyl (C=O) groups excluding carboxylic acids is 1. The summed E-state index contributed by atoms with van der Waals surface area (Å²) in [4.78, 5) is 15.4. The van der Waals surface area contributed by atoms with Crippen molar-refractivity contribution in [3.05, 3.63) is 0 Å². The second-order valence-corrected chi connectivity index (χ2v) is 3.92. The maximum atomic E-state index is 11.4. The van der Waals surface area contributed by atoms with Crippen LogP contribution in [0.4, 0.5) is 4.79 Å².